The van der Waals surface area contributed by atoms with Gasteiger partial charge < -0.3 is 10.2 Å². The van der Waals surface area contributed by atoms with Crippen molar-refractivity contribution in [2.75, 3.05) is 0 Å². The van der Waals surface area contributed by atoms with Crippen molar-refractivity contribution in [2.24, 2.45) is 46.3 Å². The standard InChI is InChI=1S/C29H50O2/c1-7-14-26(3,30)15-12-20(2)23-10-11-24-22-9-8-21-19-27(4,31)17-18-28(21,5)25(22)13-16-29(23,24)6/h7,20-25,30-31H,1,8-19H2,2-6H3/t20-,21+,22+,23-,24+,25+,26-,27+,28+,29-/m1/s1. The summed E-state index contributed by atoms with van der Waals surface area (Å²) in [4.78, 5) is 0. The van der Waals surface area contributed by atoms with E-state index in [1.807, 2.05) is 13.0 Å². The van der Waals surface area contributed by atoms with Crippen LogP contribution in [0.15, 0.2) is 12.7 Å². The molecule has 4 fully saturated rings. The molecule has 4 saturated carbocycles. The molecule has 0 aromatic heterocycles. The predicted octanol–water partition coefficient (Wildman–Crippen LogP) is 7.14. The molecule has 4 aliphatic rings. The molecule has 2 nitrogen and oxygen atoms in total. The molecule has 2 N–H and O–H groups in total. The lowest BCUT2D eigenvalue weighted by Crippen LogP contribution is -2.55. The Morgan fingerprint density at radius 1 is 1.00 bits per heavy atom. The van der Waals surface area contributed by atoms with Crippen molar-refractivity contribution in [1.82, 2.24) is 0 Å². The van der Waals surface area contributed by atoms with E-state index in [1.54, 1.807) is 0 Å². The van der Waals surface area contributed by atoms with E-state index in [1.165, 1.54) is 44.9 Å². The van der Waals surface area contributed by atoms with Crippen molar-refractivity contribution in [3.8, 4) is 0 Å². The van der Waals surface area contributed by atoms with E-state index in [4.69, 9.17) is 0 Å². The quantitative estimate of drug-likeness (QED) is 0.440. The molecular weight excluding hydrogens is 380 g/mol. The minimum atomic E-state index is -0.595. The lowest BCUT2D eigenvalue weighted by atomic mass is 9.43. The summed E-state index contributed by atoms with van der Waals surface area (Å²) in [5.74, 6) is 4.92. The summed E-state index contributed by atoms with van der Waals surface area (Å²) in [7, 11) is 0. The van der Waals surface area contributed by atoms with E-state index < -0.39 is 11.2 Å². The second-order valence-electron chi connectivity index (χ2n) is 13.6. The Morgan fingerprint density at radius 3 is 2.42 bits per heavy atom. The summed E-state index contributed by atoms with van der Waals surface area (Å²) in [6, 6.07) is 0. The summed E-state index contributed by atoms with van der Waals surface area (Å²) >= 11 is 0. The zero-order valence-electron chi connectivity index (χ0n) is 21.1. The Labute approximate surface area is 192 Å². The van der Waals surface area contributed by atoms with Gasteiger partial charge in [-0.2, -0.15) is 0 Å². The first-order valence-electron chi connectivity index (χ1n) is 13.5. The van der Waals surface area contributed by atoms with Crippen molar-refractivity contribution >= 4 is 0 Å². The Morgan fingerprint density at radius 2 is 1.71 bits per heavy atom. The van der Waals surface area contributed by atoms with Gasteiger partial charge in [-0.3, -0.25) is 0 Å². The van der Waals surface area contributed by atoms with Crippen molar-refractivity contribution in [2.45, 2.75) is 123 Å². The third-order valence-corrected chi connectivity index (χ3v) is 11.4. The largest absolute Gasteiger partial charge is 0.390 e. The molecule has 31 heavy (non-hydrogen) atoms. The number of aliphatic hydroxyl groups is 2. The van der Waals surface area contributed by atoms with E-state index in [9.17, 15) is 10.2 Å². The Balaban J connectivity index is 1.46. The summed E-state index contributed by atoms with van der Waals surface area (Å²) in [5, 5.41) is 21.4. The zero-order chi connectivity index (χ0) is 22.7. The van der Waals surface area contributed by atoms with Crippen LogP contribution in [-0.2, 0) is 0 Å². The molecule has 4 rings (SSSR count). The highest BCUT2D eigenvalue weighted by atomic mass is 16.3. The first-order valence-corrected chi connectivity index (χ1v) is 13.5. The molecule has 0 spiro atoms. The van der Waals surface area contributed by atoms with Crippen LogP contribution >= 0.6 is 0 Å². The van der Waals surface area contributed by atoms with Gasteiger partial charge in [0.15, 0.2) is 0 Å². The topological polar surface area (TPSA) is 40.5 Å². The fourth-order valence-electron chi connectivity index (χ4n) is 9.56. The number of rotatable bonds is 6. The van der Waals surface area contributed by atoms with Crippen LogP contribution in [0.5, 0.6) is 0 Å². The number of hydrogen-bond donors (Lipinski definition) is 2. The van der Waals surface area contributed by atoms with Gasteiger partial charge in [-0.05, 0) is 137 Å². The van der Waals surface area contributed by atoms with E-state index in [0.717, 1.165) is 55.3 Å². The van der Waals surface area contributed by atoms with Crippen LogP contribution in [0, 0.1) is 46.3 Å². The van der Waals surface area contributed by atoms with Gasteiger partial charge >= 0.3 is 0 Å². The van der Waals surface area contributed by atoms with Crippen LogP contribution in [0.25, 0.3) is 0 Å². The van der Waals surface area contributed by atoms with Crippen LogP contribution in [0.4, 0.5) is 0 Å². The molecule has 0 amide bonds. The van der Waals surface area contributed by atoms with E-state index in [-0.39, 0.29) is 0 Å². The first-order chi connectivity index (χ1) is 14.4. The van der Waals surface area contributed by atoms with Gasteiger partial charge in [-0.1, -0.05) is 26.8 Å². The molecule has 0 aromatic rings. The fourth-order valence-corrected chi connectivity index (χ4v) is 9.56. The summed E-state index contributed by atoms with van der Waals surface area (Å²) in [6.07, 6.45) is 16.2. The van der Waals surface area contributed by atoms with Crippen molar-refractivity contribution < 1.29 is 10.2 Å². The molecule has 178 valence electrons. The minimum Gasteiger partial charge on any atom is -0.390 e. The monoisotopic (exact) mass is 430 g/mol. The van der Waals surface area contributed by atoms with Gasteiger partial charge in [-0.25, -0.2) is 0 Å². The van der Waals surface area contributed by atoms with Gasteiger partial charge in [0.2, 0.25) is 0 Å². The average molecular weight is 431 g/mol. The molecular formula is C29H50O2. The third kappa shape index (κ3) is 4.18. The minimum absolute atomic E-state index is 0.430. The molecule has 0 aromatic carbocycles. The lowest BCUT2D eigenvalue weighted by molar-refractivity contribution is -0.148. The molecule has 0 radical (unpaired) electrons. The molecule has 4 aliphatic carbocycles. The molecule has 0 bridgehead atoms. The highest BCUT2D eigenvalue weighted by molar-refractivity contribution is 5.10. The smallest absolute Gasteiger partial charge is 0.0654 e. The molecule has 0 aliphatic heterocycles. The summed E-state index contributed by atoms with van der Waals surface area (Å²) in [6.45, 7) is 15.6. The van der Waals surface area contributed by atoms with Crippen LogP contribution < -0.4 is 0 Å². The van der Waals surface area contributed by atoms with Gasteiger partial charge in [0.1, 0.15) is 0 Å². The van der Waals surface area contributed by atoms with Crippen LogP contribution in [0.3, 0.4) is 0 Å². The van der Waals surface area contributed by atoms with Crippen molar-refractivity contribution in [3.05, 3.63) is 12.7 Å². The Hall–Kier alpha value is -0.340. The zero-order valence-corrected chi connectivity index (χ0v) is 21.1. The highest BCUT2D eigenvalue weighted by Gasteiger charge is 2.61. The fraction of sp³-hybridized carbons (Fsp3) is 0.931. The van der Waals surface area contributed by atoms with E-state index in [2.05, 4.69) is 34.3 Å². The maximum atomic E-state index is 10.7. The lowest BCUT2D eigenvalue weighted by Gasteiger charge is -2.62. The van der Waals surface area contributed by atoms with E-state index >= 15 is 0 Å². The molecule has 0 saturated heterocycles. The first kappa shape index (κ1) is 23.8. The predicted molar refractivity (Wildman–Crippen MR) is 130 cm³/mol. The Bertz CT molecular complexity index is 666. The second-order valence-corrected chi connectivity index (χ2v) is 13.6. The maximum absolute atomic E-state index is 10.7. The van der Waals surface area contributed by atoms with Crippen molar-refractivity contribution in [3.63, 3.8) is 0 Å². The summed E-state index contributed by atoms with van der Waals surface area (Å²) in [5.41, 5.74) is -0.0730. The van der Waals surface area contributed by atoms with Crippen LogP contribution in [0.2, 0.25) is 0 Å². The number of hydrogen-bond acceptors (Lipinski definition) is 2. The van der Waals surface area contributed by atoms with Gasteiger partial charge in [0.05, 0.1) is 11.2 Å². The van der Waals surface area contributed by atoms with Gasteiger partial charge in [0.25, 0.3) is 0 Å². The highest BCUT2D eigenvalue weighted by Crippen LogP contribution is 2.68. The third-order valence-electron chi connectivity index (χ3n) is 11.4. The average Bonchev–Trinajstić information content (AvgIpc) is 3.04. The number of fused-ring (bicyclic) bond motifs is 5. The molecule has 10 atom stereocenters. The normalized spacial score (nSPS) is 50.0. The second kappa shape index (κ2) is 8.15. The van der Waals surface area contributed by atoms with Gasteiger partial charge in [-0.15, -0.1) is 6.58 Å². The van der Waals surface area contributed by atoms with E-state index in [0.29, 0.717) is 23.2 Å². The van der Waals surface area contributed by atoms with Crippen molar-refractivity contribution in [1.29, 1.82) is 0 Å². The Kier molecular flexibility index (Phi) is 6.26. The van der Waals surface area contributed by atoms with Crippen LogP contribution in [-0.4, -0.2) is 21.4 Å². The SMILES string of the molecule is C=CC[C@@](C)(O)CC[C@@H](C)[C@H]1CC[C@H]2[C@@H]3CC[C@H]4C[C@@](C)(O)CC[C@]4(C)[C@H]3CC[C@]12C. The summed E-state index contributed by atoms with van der Waals surface area (Å²) < 4.78 is 0. The molecule has 2 heteroatoms. The van der Waals surface area contributed by atoms with Gasteiger partial charge in [0, 0.05) is 0 Å². The maximum Gasteiger partial charge on any atom is 0.0654 e. The molecule has 0 heterocycles. The molecule has 0 unspecified atom stereocenters. The van der Waals surface area contributed by atoms with Crippen LogP contribution in [0.1, 0.15) is 112 Å².